The van der Waals surface area contributed by atoms with Crippen LogP contribution in [-0.4, -0.2) is 52.1 Å². The van der Waals surface area contributed by atoms with Crippen molar-refractivity contribution >= 4 is 24.1 Å². The topological polar surface area (TPSA) is 76.3 Å². The van der Waals surface area contributed by atoms with Crippen molar-refractivity contribution in [2.75, 3.05) is 26.1 Å². The third-order valence-corrected chi connectivity index (χ3v) is 6.22. The predicted octanol–water partition coefficient (Wildman–Crippen LogP) is 5.48. The Morgan fingerprint density at radius 1 is 1.00 bits per heavy atom. The zero-order chi connectivity index (χ0) is 25.8. The van der Waals surface area contributed by atoms with Crippen LogP contribution < -0.4 is 9.64 Å². The Labute approximate surface area is 220 Å². The van der Waals surface area contributed by atoms with Crippen molar-refractivity contribution < 1.29 is 4.74 Å². The van der Waals surface area contributed by atoms with Gasteiger partial charge in [-0.25, -0.2) is 5.10 Å². The lowest BCUT2D eigenvalue weighted by molar-refractivity contribution is 0.415. The van der Waals surface area contributed by atoms with E-state index in [4.69, 9.17) is 22.1 Å². The van der Waals surface area contributed by atoms with Crippen LogP contribution in [-0.2, 0) is 6.54 Å². The van der Waals surface area contributed by atoms with E-state index in [0.29, 0.717) is 17.1 Å². The summed E-state index contributed by atoms with van der Waals surface area (Å²) in [5.74, 6) is 1.37. The van der Waals surface area contributed by atoms with Gasteiger partial charge in [0.15, 0.2) is 0 Å². The smallest absolute Gasteiger partial charge is 0.216 e. The Balaban J connectivity index is 1.55. The third-order valence-electron chi connectivity index (χ3n) is 5.95. The number of ether oxygens (including phenoxy) is 1. The maximum atomic E-state index is 5.53. The summed E-state index contributed by atoms with van der Waals surface area (Å²) in [5, 5.41) is 17.0. The van der Waals surface area contributed by atoms with Crippen LogP contribution in [0.5, 0.6) is 5.75 Å². The molecule has 1 N–H and O–H groups in total. The molecule has 5 rings (SSSR count). The van der Waals surface area contributed by atoms with E-state index >= 15 is 0 Å². The fourth-order valence-corrected chi connectivity index (χ4v) is 4.10. The van der Waals surface area contributed by atoms with Gasteiger partial charge in [0.05, 0.1) is 25.6 Å². The molecule has 0 spiro atoms. The molecule has 8 nitrogen and oxygen atoms in total. The van der Waals surface area contributed by atoms with Crippen LogP contribution in [0.2, 0.25) is 0 Å². The summed E-state index contributed by atoms with van der Waals surface area (Å²) < 4.78 is 9.27. The van der Waals surface area contributed by atoms with Crippen LogP contribution in [0.3, 0.4) is 0 Å². The fourth-order valence-electron chi connectivity index (χ4n) is 3.92. The Kier molecular flexibility index (Phi) is 6.96. The summed E-state index contributed by atoms with van der Waals surface area (Å²) in [5.41, 5.74) is 5.78. The predicted molar refractivity (Wildman–Crippen MR) is 150 cm³/mol. The van der Waals surface area contributed by atoms with E-state index in [9.17, 15) is 0 Å². The standard InChI is InChI=1S/C28H27N7OS/c1-33(2)23-13-9-20(10-14-23)18-29-35-27(30-31-28(35)37)26-17-25(22-11-15-24(36-3)16-12-22)32-34(26)19-21-7-5-4-6-8-21/h4-18H,19H2,1-3H3,(H,31,37)/b29-18+. The number of H-pyrrole nitrogens is 1. The molecule has 0 radical (unpaired) electrons. The number of aromatic amines is 1. The molecule has 0 unspecified atom stereocenters. The second-order valence-corrected chi connectivity index (χ2v) is 9.07. The van der Waals surface area contributed by atoms with Gasteiger partial charge in [-0.2, -0.15) is 20.0 Å². The first kappa shape index (κ1) is 24.2. The highest BCUT2D eigenvalue weighted by molar-refractivity contribution is 7.71. The Morgan fingerprint density at radius 3 is 2.41 bits per heavy atom. The van der Waals surface area contributed by atoms with Crippen molar-refractivity contribution in [3.8, 4) is 28.5 Å². The molecular formula is C28H27N7OS. The fraction of sp³-hybridized carbons (Fsp3) is 0.143. The van der Waals surface area contributed by atoms with Crippen molar-refractivity contribution in [3.63, 3.8) is 0 Å². The Hall–Kier alpha value is -4.50. The van der Waals surface area contributed by atoms with Gasteiger partial charge in [0.1, 0.15) is 11.4 Å². The van der Waals surface area contributed by atoms with Crippen LogP contribution >= 0.6 is 12.2 Å². The molecule has 2 heterocycles. The zero-order valence-corrected chi connectivity index (χ0v) is 21.7. The SMILES string of the molecule is COc1ccc(-c2cc(-c3n[nH]c(=S)n3/N=C/c3ccc(N(C)C)cc3)n(Cc3ccccc3)n2)cc1. The zero-order valence-electron chi connectivity index (χ0n) is 20.9. The van der Waals surface area contributed by atoms with Gasteiger partial charge in [0.25, 0.3) is 0 Å². The van der Waals surface area contributed by atoms with Gasteiger partial charge in [-0.05, 0) is 65.8 Å². The maximum absolute atomic E-state index is 5.53. The first-order valence-electron chi connectivity index (χ1n) is 11.8. The molecule has 2 aromatic heterocycles. The van der Waals surface area contributed by atoms with Crippen LogP contribution in [0.1, 0.15) is 11.1 Å². The molecule has 37 heavy (non-hydrogen) atoms. The van der Waals surface area contributed by atoms with Crippen molar-refractivity contribution in [3.05, 3.63) is 101 Å². The first-order chi connectivity index (χ1) is 18.0. The Morgan fingerprint density at radius 2 is 1.73 bits per heavy atom. The lowest BCUT2D eigenvalue weighted by Gasteiger charge is -2.11. The molecule has 0 bridgehead atoms. The summed E-state index contributed by atoms with van der Waals surface area (Å²) in [6.07, 6.45) is 1.77. The van der Waals surface area contributed by atoms with Crippen molar-refractivity contribution in [2.24, 2.45) is 5.10 Å². The van der Waals surface area contributed by atoms with Crippen molar-refractivity contribution in [2.45, 2.75) is 6.54 Å². The minimum atomic E-state index is 0.398. The average molecular weight is 510 g/mol. The number of nitrogens with one attached hydrogen (secondary N) is 1. The molecule has 186 valence electrons. The molecule has 0 aliphatic heterocycles. The second-order valence-electron chi connectivity index (χ2n) is 8.68. The van der Waals surface area contributed by atoms with E-state index in [2.05, 4.69) is 32.3 Å². The molecule has 0 fully saturated rings. The molecule has 0 saturated carbocycles. The van der Waals surface area contributed by atoms with E-state index in [1.54, 1.807) is 18.0 Å². The minimum Gasteiger partial charge on any atom is -0.497 e. The highest BCUT2D eigenvalue weighted by Crippen LogP contribution is 2.27. The van der Waals surface area contributed by atoms with Crippen molar-refractivity contribution in [1.29, 1.82) is 0 Å². The molecule has 0 aliphatic rings. The molecule has 5 aromatic rings. The summed E-state index contributed by atoms with van der Waals surface area (Å²) >= 11 is 5.53. The highest BCUT2D eigenvalue weighted by atomic mass is 32.1. The average Bonchev–Trinajstić information content (AvgIpc) is 3.51. The summed E-state index contributed by atoms with van der Waals surface area (Å²) in [7, 11) is 5.68. The first-order valence-corrected chi connectivity index (χ1v) is 12.2. The minimum absolute atomic E-state index is 0.398. The number of anilines is 1. The van der Waals surface area contributed by atoms with Gasteiger partial charge >= 0.3 is 0 Å². The molecule has 0 amide bonds. The van der Waals surface area contributed by atoms with Crippen LogP contribution in [0.25, 0.3) is 22.8 Å². The number of nitrogens with zero attached hydrogens (tertiary/aromatic N) is 6. The number of hydrogen-bond donors (Lipinski definition) is 1. The molecule has 0 aliphatic carbocycles. The summed E-state index contributed by atoms with van der Waals surface area (Å²) in [6.45, 7) is 0.571. The molecule has 0 atom stereocenters. The molecule has 9 heteroatoms. The van der Waals surface area contributed by atoms with E-state index in [0.717, 1.165) is 39.5 Å². The normalized spacial score (nSPS) is 11.2. The van der Waals surface area contributed by atoms with Crippen molar-refractivity contribution in [1.82, 2.24) is 24.7 Å². The van der Waals surface area contributed by atoms with E-state index in [1.165, 1.54) is 0 Å². The van der Waals surface area contributed by atoms with Gasteiger partial charge in [-0.15, -0.1) is 0 Å². The number of rotatable bonds is 8. The third kappa shape index (κ3) is 5.36. The highest BCUT2D eigenvalue weighted by Gasteiger charge is 2.18. The number of hydrogen-bond acceptors (Lipinski definition) is 6. The lowest BCUT2D eigenvalue weighted by Crippen LogP contribution is -2.08. The van der Waals surface area contributed by atoms with Crippen LogP contribution in [0.4, 0.5) is 5.69 Å². The Bertz CT molecular complexity index is 1560. The van der Waals surface area contributed by atoms with Gasteiger partial charge in [0.2, 0.25) is 10.6 Å². The van der Waals surface area contributed by atoms with Crippen LogP contribution in [0, 0.1) is 4.77 Å². The number of methoxy groups -OCH3 is 1. The quantitative estimate of drug-likeness (QED) is 0.222. The van der Waals surface area contributed by atoms with E-state index < -0.39 is 0 Å². The largest absolute Gasteiger partial charge is 0.497 e. The number of benzene rings is 3. The van der Waals surface area contributed by atoms with Gasteiger partial charge in [-0.1, -0.05) is 42.5 Å². The number of aromatic nitrogens is 5. The lowest BCUT2D eigenvalue weighted by atomic mass is 10.1. The molecular weight excluding hydrogens is 482 g/mol. The molecule has 3 aromatic carbocycles. The maximum Gasteiger partial charge on any atom is 0.216 e. The second kappa shape index (κ2) is 10.6. The van der Waals surface area contributed by atoms with Gasteiger partial charge in [0, 0.05) is 25.3 Å². The van der Waals surface area contributed by atoms with E-state index in [1.807, 2.05) is 91.6 Å². The van der Waals surface area contributed by atoms with Crippen LogP contribution in [0.15, 0.2) is 90.0 Å². The molecule has 0 saturated heterocycles. The van der Waals surface area contributed by atoms with Gasteiger partial charge in [-0.3, -0.25) is 4.68 Å². The monoisotopic (exact) mass is 509 g/mol. The summed E-state index contributed by atoms with van der Waals surface area (Å²) in [4.78, 5) is 2.06. The van der Waals surface area contributed by atoms with E-state index in [-0.39, 0.29) is 0 Å². The summed E-state index contributed by atoms with van der Waals surface area (Å²) in [6, 6.07) is 28.2. The van der Waals surface area contributed by atoms with Gasteiger partial charge < -0.3 is 9.64 Å².